The number of fused-ring (bicyclic) bond motifs is 2. The molecule has 11 heteroatoms. The van der Waals surface area contributed by atoms with Crippen LogP contribution in [0.2, 0.25) is 5.02 Å². The van der Waals surface area contributed by atoms with Crippen LogP contribution in [0, 0.1) is 5.92 Å². The zero-order chi connectivity index (χ0) is 23.4. The van der Waals surface area contributed by atoms with E-state index in [1.807, 2.05) is 0 Å². The van der Waals surface area contributed by atoms with Crippen LogP contribution in [0.4, 0.5) is 32.0 Å². The lowest BCUT2D eigenvalue weighted by atomic mass is 9.73. The highest BCUT2D eigenvalue weighted by Crippen LogP contribution is 2.50. The predicted molar refractivity (Wildman–Crippen MR) is 102 cm³/mol. The summed E-state index contributed by atoms with van der Waals surface area (Å²) in [7, 11) is 0. The number of carbonyl (C=O) groups is 1. The van der Waals surface area contributed by atoms with Gasteiger partial charge in [0.1, 0.15) is 0 Å². The number of amides is 1. The van der Waals surface area contributed by atoms with Crippen molar-refractivity contribution >= 4 is 23.2 Å². The Morgan fingerprint density at radius 3 is 2.38 bits per heavy atom. The number of anilines is 1. The molecule has 0 saturated carbocycles. The Hall–Kier alpha value is -2.30. The number of hydrogen-bond donors (Lipinski definition) is 2. The lowest BCUT2D eigenvalue weighted by Crippen LogP contribution is -2.41. The van der Waals surface area contributed by atoms with Crippen molar-refractivity contribution in [3.63, 3.8) is 0 Å². The van der Waals surface area contributed by atoms with Crippen LogP contribution in [0.15, 0.2) is 42.5 Å². The first-order valence-electron chi connectivity index (χ1n) is 9.54. The third-order valence-corrected chi connectivity index (χ3v) is 5.94. The number of aliphatic hydroxyl groups excluding tert-OH is 1. The molecule has 2 fully saturated rings. The summed E-state index contributed by atoms with van der Waals surface area (Å²) in [6, 6.07) is 6.93. The molecule has 2 aromatic carbocycles. The van der Waals surface area contributed by atoms with E-state index in [9.17, 15) is 36.2 Å². The van der Waals surface area contributed by atoms with Gasteiger partial charge in [-0.1, -0.05) is 29.8 Å². The van der Waals surface area contributed by atoms with Gasteiger partial charge in [0.05, 0.1) is 35.4 Å². The summed E-state index contributed by atoms with van der Waals surface area (Å²) in [5.74, 6) is -2.66. The fraction of sp³-hybridized carbons (Fsp3) is 0.381. The second-order valence-corrected chi connectivity index (χ2v) is 8.27. The van der Waals surface area contributed by atoms with Gasteiger partial charge in [0.25, 0.3) is 0 Å². The number of rotatable bonds is 3. The number of aliphatic hydroxyl groups is 1. The standard InChI is InChI=1S/C21H16ClF6NO3/c22-12-5-11(21(26,27)28)6-13(7-12)29-19(31)17-15-8-14(30)18(32-15)16(17)9-2-1-3-10(4-9)20(23,24)25/h1-7,14-18,30H,8H2,(H,29,31). The Balaban J connectivity index is 1.65. The number of halogens is 7. The number of alkyl halides is 6. The molecule has 0 spiro atoms. The highest BCUT2D eigenvalue weighted by atomic mass is 35.5. The van der Waals surface area contributed by atoms with Crippen molar-refractivity contribution in [2.75, 3.05) is 5.32 Å². The summed E-state index contributed by atoms with van der Waals surface area (Å²) in [5.41, 5.74) is -2.04. The number of nitrogens with one attached hydrogen (secondary N) is 1. The van der Waals surface area contributed by atoms with E-state index < -0.39 is 59.5 Å². The first-order valence-corrected chi connectivity index (χ1v) is 9.92. The smallest absolute Gasteiger partial charge is 0.390 e. The van der Waals surface area contributed by atoms with Crippen molar-refractivity contribution in [2.24, 2.45) is 5.92 Å². The van der Waals surface area contributed by atoms with Crippen molar-refractivity contribution in [1.29, 1.82) is 0 Å². The Morgan fingerprint density at radius 1 is 1.03 bits per heavy atom. The van der Waals surface area contributed by atoms with E-state index in [2.05, 4.69) is 5.32 Å². The third-order valence-electron chi connectivity index (χ3n) is 5.72. The predicted octanol–water partition coefficient (Wildman–Crippen LogP) is 5.25. The molecule has 0 aromatic heterocycles. The molecule has 1 amide bonds. The molecule has 2 aliphatic rings. The Labute approximate surface area is 183 Å². The summed E-state index contributed by atoms with van der Waals surface area (Å²) in [6.45, 7) is 0. The summed E-state index contributed by atoms with van der Waals surface area (Å²) in [4.78, 5) is 13.0. The quantitative estimate of drug-likeness (QED) is 0.591. The molecular formula is C21H16ClF6NO3. The van der Waals surface area contributed by atoms with Crippen molar-refractivity contribution < 1.29 is 41.0 Å². The summed E-state index contributed by atoms with van der Waals surface area (Å²) in [5, 5.41) is 12.3. The van der Waals surface area contributed by atoms with E-state index in [0.29, 0.717) is 12.1 Å². The number of ether oxygens (including phenoxy) is 1. The van der Waals surface area contributed by atoms with E-state index >= 15 is 0 Å². The van der Waals surface area contributed by atoms with Gasteiger partial charge in [-0.3, -0.25) is 4.79 Å². The number of carbonyl (C=O) groups excluding carboxylic acids is 1. The van der Waals surface area contributed by atoms with Gasteiger partial charge in [-0.2, -0.15) is 26.3 Å². The molecule has 0 radical (unpaired) electrons. The number of hydrogen-bond acceptors (Lipinski definition) is 3. The molecule has 172 valence electrons. The van der Waals surface area contributed by atoms with E-state index in [-0.39, 0.29) is 22.7 Å². The zero-order valence-electron chi connectivity index (χ0n) is 16.0. The maximum Gasteiger partial charge on any atom is 0.416 e. The van der Waals surface area contributed by atoms with Gasteiger partial charge < -0.3 is 15.2 Å². The molecule has 2 N–H and O–H groups in total. The van der Waals surface area contributed by atoms with Gasteiger partial charge in [-0.15, -0.1) is 0 Å². The van der Waals surface area contributed by atoms with Gasteiger partial charge in [-0.25, -0.2) is 0 Å². The highest BCUT2D eigenvalue weighted by molar-refractivity contribution is 6.31. The summed E-state index contributed by atoms with van der Waals surface area (Å²) < 4.78 is 84.3. The fourth-order valence-electron chi connectivity index (χ4n) is 4.41. The normalized spacial score (nSPS) is 27.6. The van der Waals surface area contributed by atoms with Crippen LogP contribution >= 0.6 is 11.6 Å². The summed E-state index contributed by atoms with van der Waals surface area (Å²) in [6.07, 6.45) is -11.9. The molecule has 5 unspecified atom stereocenters. The Bertz CT molecular complexity index is 1040. The summed E-state index contributed by atoms with van der Waals surface area (Å²) >= 11 is 5.75. The van der Waals surface area contributed by atoms with Crippen LogP contribution in [0.1, 0.15) is 29.0 Å². The van der Waals surface area contributed by atoms with Crippen LogP contribution in [0.5, 0.6) is 0 Å². The first kappa shape index (κ1) is 22.9. The molecule has 4 rings (SSSR count). The third kappa shape index (κ3) is 4.31. The number of benzene rings is 2. The average Bonchev–Trinajstić information content (AvgIpc) is 3.23. The van der Waals surface area contributed by atoms with E-state index in [1.54, 1.807) is 0 Å². The highest BCUT2D eigenvalue weighted by Gasteiger charge is 2.57. The van der Waals surface area contributed by atoms with Crippen LogP contribution in [0.3, 0.4) is 0 Å². The average molecular weight is 480 g/mol. The molecular weight excluding hydrogens is 464 g/mol. The topological polar surface area (TPSA) is 58.6 Å². The zero-order valence-corrected chi connectivity index (χ0v) is 16.8. The molecule has 2 aromatic rings. The largest absolute Gasteiger partial charge is 0.416 e. The molecule has 2 saturated heterocycles. The van der Waals surface area contributed by atoms with Gasteiger partial charge in [0, 0.05) is 23.0 Å². The molecule has 2 bridgehead atoms. The van der Waals surface area contributed by atoms with E-state index in [4.69, 9.17) is 16.3 Å². The molecule has 32 heavy (non-hydrogen) atoms. The second kappa shape index (κ2) is 7.93. The molecule has 2 heterocycles. The second-order valence-electron chi connectivity index (χ2n) is 7.83. The minimum absolute atomic E-state index is 0.0849. The molecule has 4 nitrogen and oxygen atoms in total. The lowest BCUT2D eigenvalue weighted by Gasteiger charge is -2.30. The lowest BCUT2D eigenvalue weighted by molar-refractivity contribution is -0.138. The van der Waals surface area contributed by atoms with Crippen molar-refractivity contribution in [3.8, 4) is 0 Å². The monoisotopic (exact) mass is 479 g/mol. The minimum atomic E-state index is -4.69. The molecule has 2 aliphatic heterocycles. The van der Waals surface area contributed by atoms with Crippen LogP contribution < -0.4 is 5.32 Å². The molecule has 0 aliphatic carbocycles. The van der Waals surface area contributed by atoms with Crippen LogP contribution in [-0.4, -0.2) is 29.3 Å². The van der Waals surface area contributed by atoms with E-state index in [0.717, 1.165) is 18.2 Å². The van der Waals surface area contributed by atoms with Gasteiger partial charge in [0.15, 0.2) is 0 Å². The Kier molecular flexibility index (Phi) is 5.67. The minimum Gasteiger partial charge on any atom is -0.390 e. The molecule has 5 atom stereocenters. The van der Waals surface area contributed by atoms with Gasteiger partial charge in [-0.05, 0) is 29.8 Å². The Morgan fingerprint density at radius 2 is 1.72 bits per heavy atom. The fourth-order valence-corrected chi connectivity index (χ4v) is 4.65. The van der Waals surface area contributed by atoms with Crippen molar-refractivity contribution in [1.82, 2.24) is 0 Å². The first-order chi connectivity index (χ1) is 14.8. The van der Waals surface area contributed by atoms with Gasteiger partial charge >= 0.3 is 12.4 Å². The van der Waals surface area contributed by atoms with Gasteiger partial charge in [0.2, 0.25) is 5.91 Å². The van der Waals surface area contributed by atoms with E-state index in [1.165, 1.54) is 12.1 Å². The van der Waals surface area contributed by atoms with Crippen molar-refractivity contribution in [3.05, 3.63) is 64.2 Å². The van der Waals surface area contributed by atoms with Crippen LogP contribution in [0.25, 0.3) is 0 Å². The van der Waals surface area contributed by atoms with Crippen LogP contribution in [-0.2, 0) is 21.9 Å². The maximum absolute atomic E-state index is 13.2. The maximum atomic E-state index is 13.2. The van der Waals surface area contributed by atoms with Crippen molar-refractivity contribution in [2.45, 2.75) is 43.0 Å². The SMILES string of the molecule is O=C(Nc1cc(Cl)cc(C(F)(F)F)c1)C1C2CC(O)C(O2)C1c1cccc(C(F)(F)F)c1.